The molecule has 0 saturated carbocycles. The summed E-state index contributed by atoms with van der Waals surface area (Å²) in [6.45, 7) is 1.98. The van der Waals surface area contributed by atoms with Gasteiger partial charge in [-0.05, 0) is 42.0 Å². The highest BCUT2D eigenvalue weighted by Gasteiger charge is 2.10. The van der Waals surface area contributed by atoms with Crippen molar-refractivity contribution in [1.82, 2.24) is 4.90 Å². The van der Waals surface area contributed by atoms with E-state index in [9.17, 15) is 9.59 Å². The zero-order valence-electron chi connectivity index (χ0n) is 13.9. The number of rotatable bonds is 4. The summed E-state index contributed by atoms with van der Waals surface area (Å²) in [5.41, 5.74) is 2.44. The molecule has 5 nitrogen and oxygen atoms in total. The quantitative estimate of drug-likeness (QED) is 0.911. The van der Waals surface area contributed by atoms with Gasteiger partial charge in [0.1, 0.15) is 0 Å². The Kier molecular flexibility index (Phi) is 5.82. The van der Waals surface area contributed by atoms with Crippen LogP contribution in [0.3, 0.4) is 0 Å². The van der Waals surface area contributed by atoms with Crippen LogP contribution in [0.25, 0.3) is 0 Å². The van der Waals surface area contributed by atoms with Crippen LogP contribution in [0.5, 0.6) is 0 Å². The lowest BCUT2D eigenvalue weighted by atomic mass is 10.2. The van der Waals surface area contributed by atoms with Crippen molar-refractivity contribution >= 4 is 34.9 Å². The fraction of sp³-hybridized carbons (Fsp3) is 0.222. The van der Waals surface area contributed by atoms with Crippen LogP contribution in [-0.4, -0.2) is 30.9 Å². The van der Waals surface area contributed by atoms with Crippen LogP contribution < -0.4 is 10.2 Å². The second kappa shape index (κ2) is 7.84. The summed E-state index contributed by atoms with van der Waals surface area (Å²) in [7, 11) is 3.43. The number of urea groups is 1. The highest BCUT2D eigenvalue weighted by atomic mass is 35.5. The van der Waals surface area contributed by atoms with Gasteiger partial charge in [-0.25, -0.2) is 4.79 Å². The minimum absolute atomic E-state index is 0.0468. The zero-order valence-corrected chi connectivity index (χ0v) is 14.7. The van der Waals surface area contributed by atoms with Gasteiger partial charge < -0.3 is 15.1 Å². The van der Waals surface area contributed by atoms with Crippen LogP contribution in [0, 0.1) is 0 Å². The van der Waals surface area contributed by atoms with Gasteiger partial charge >= 0.3 is 6.03 Å². The highest BCUT2D eigenvalue weighted by Crippen LogP contribution is 2.17. The van der Waals surface area contributed by atoms with E-state index in [4.69, 9.17) is 11.6 Å². The maximum atomic E-state index is 12.2. The smallest absolute Gasteiger partial charge is 0.321 e. The molecule has 0 aliphatic heterocycles. The Morgan fingerprint density at radius 2 is 1.58 bits per heavy atom. The first-order valence-electron chi connectivity index (χ1n) is 7.47. The van der Waals surface area contributed by atoms with Crippen molar-refractivity contribution in [1.29, 1.82) is 0 Å². The van der Waals surface area contributed by atoms with Crippen molar-refractivity contribution in [2.24, 2.45) is 0 Å². The molecule has 1 N–H and O–H groups in total. The Bertz CT molecular complexity index is 714. The van der Waals surface area contributed by atoms with E-state index in [0.29, 0.717) is 17.3 Å². The van der Waals surface area contributed by atoms with Gasteiger partial charge in [-0.2, -0.15) is 0 Å². The van der Waals surface area contributed by atoms with Crippen molar-refractivity contribution in [3.05, 3.63) is 59.1 Å². The van der Waals surface area contributed by atoms with Gasteiger partial charge in [0.05, 0.1) is 0 Å². The molecule has 0 aliphatic rings. The van der Waals surface area contributed by atoms with Gasteiger partial charge in [0.15, 0.2) is 0 Å². The van der Waals surface area contributed by atoms with E-state index in [0.717, 1.165) is 11.3 Å². The summed E-state index contributed by atoms with van der Waals surface area (Å²) in [5, 5.41) is 3.49. The number of hydrogen-bond acceptors (Lipinski definition) is 2. The maximum Gasteiger partial charge on any atom is 0.321 e. The molecule has 0 fully saturated rings. The topological polar surface area (TPSA) is 52.7 Å². The standard InChI is InChI=1S/C18H20ClN3O2/c1-13(23)22(3)17-10-8-16(9-11-17)20-18(24)21(2)12-14-4-6-15(19)7-5-14/h4-11H,12H2,1-3H3,(H,20,24). The van der Waals surface area contributed by atoms with Crippen LogP contribution in [0.1, 0.15) is 12.5 Å². The molecule has 0 radical (unpaired) electrons. The molecule has 126 valence electrons. The Labute approximate surface area is 146 Å². The number of carbonyl (C=O) groups excluding carboxylic acids is 2. The summed E-state index contributed by atoms with van der Waals surface area (Å²) >= 11 is 5.86. The maximum absolute atomic E-state index is 12.2. The van der Waals surface area contributed by atoms with E-state index in [1.165, 1.54) is 11.8 Å². The molecular formula is C18H20ClN3O2. The van der Waals surface area contributed by atoms with Crippen molar-refractivity contribution in [3.63, 3.8) is 0 Å². The summed E-state index contributed by atoms with van der Waals surface area (Å²) < 4.78 is 0. The molecular weight excluding hydrogens is 326 g/mol. The van der Waals surface area contributed by atoms with Crippen molar-refractivity contribution in [2.45, 2.75) is 13.5 Å². The van der Waals surface area contributed by atoms with E-state index >= 15 is 0 Å². The normalized spacial score (nSPS) is 10.2. The fourth-order valence-corrected chi connectivity index (χ4v) is 2.23. The molecule has 2 rings (SSSR count). The molecule has 2 aromatic carbocycles. The number of anilines is 2. The Balaban J connectivity index is 1.95. The molecule has 0 heterocycles. The van der Waals surface area contributed by atoms with E-state index in [2.05, 4.69) is 5.32 Å². The van der Waals surface area contributed by atoms with Crippen molar-refractivity contribution in [3.8, 4) is 0 Å². The number of nitrogens with one attached hydrogen (secondary N) is 1. The number of amides is 3. The summed E-state index contributed by atoms with van der Waals surface area (Å²) in [6.07, 6.45) is 0. The molecule has 0 aromatic heterocycles. The summed E-state index contributed by atoms with van der Waals surface area (Å²) in [4.78, 5) is 26.7. The average Bonchev–Trinajstić information content (AvgIpc) is 2.56. The van der Waals surface area contributed by atoms with Crippen LogP contribution in [-0.2, 0) is 11.3 Å². The first-order valence-corrected chi connectivity index (χ1v) is 7.85. The highest BCUT2D eigenvalue weighted by molar-refractivity contribution is 6.30. The van der Waals surface area contributed by atoms with Crippen LogP contribution in [0.2, 0.25) is 5.02 Å². The number of halogens is 1. The van der Waals surface area contributed by atoms with E-state index < -0.39 is 0 Å². The van der Waals surface area contributed by atoms with Gasteiger partial charge in [0, 0.05) is 44.0 Å². The Hall–Kier alpha value is -2.53. The first-order chi connectivity index (χ1) is 11.4. The van der Waals surface area contributed by atoms with E-state index in [-0.39, 0.29) is 11.9 Å². The SMILES string of the molecule is CC(=O)N(C)c1ccc(NC(=O)N(C)Cc2ccc(Cl)cc2)cc1. The largest absolute Gasteiger partial charge is 0.323 e. The number of hydrogen-bond donors (Lipinski definition) is 1. The molecule has 2 aromatic rings. The molecule has 6 heteroatoms. The third kappa shape index (κ3) is 4.73. The van der Waals surface area contributed by atoms with E-state index in [1.807, 2.05) is 12.1 Å². The number of benzene rings is 2. The average molecular weight is 346 g/mol. The molecule has 0 saturated heterocycles. The third-order valence-corrected chi connectivity index (χ3v) is 3.91. The lowest BCUT2D eigenvalue weighted by Crippen LogP contribution is -2.30. The minimum Gasteiger partial charge on any atom is -0.323 e. The van der Waals surface area contributed by atoms with Gasteiger partial charge in [-0.3, -0.25) is 4.79 Å². The van der Waals surface area contributed by atoms with Gasteiger partial charge in [0.2, 0.25) is 5.91 Å². The van der Waals surface area contributed by atoms with Gasteiger partial charge in [-0.1, -0.05) is 23.7 Å². The van der Waals surface area contributed by atoms with Crippen LogP contribution in [0.4, 0.5) is 16.2 Å². The Morgan fingerprint density at radius 3 is 2.12 bits per heavy atom. The monoisotopic (exact) mass is 345 g/mol. The van der Waals surface area contributed by atoms with Crippen LogP contribution in [0.15, 0.2) is 48.5 Å². The fourth-order valence-electron chi connectivity index (χ4n) is 2.10. The first kappa shape index (κ1) is 17.8. The molecule has 0 aliphatic carbocycles. The zero-order chi connectivity index (χ0) is 17.7. The second-order valence-electron chi connectivity index (χ2n) is 5.54. The lowest BCUT2D eigenvalue weighted by molar-refractivity contribution is -0.116. The molecule has 3 amide bonds. The van der Waals surface area contributed by atoms with Crippen molar-refractivity contribution < 1.29 is 9.59 Å². The Morgan fingerprint density at radius 1 is 1.00 bits per heavy atom. The molecule has 0 bridgehead atoms. The van der Waals surface area contributed by atoms with Crippen molar-refractivity contribution in [2.75, 3.05) is 24.3 Å². The van der Waals surface area contributed by atoms with Gasteiger partial charge in [-0.15, -0.1) is 0 Å². The number of nitrogens with zero attached hydrogens (tertiary/aromatic N) is 2. The van der Waals surface area contributed by atoms with Gasteiger partial charge in [0.25, 0.3) is 0 Å². The minimum atomic E-state index is -0.211. The summed E-state index contributed by atoms with van der Waals surface area (Å²) in [6, 6.07) is 14.3. The predicted molar refractivity (Wildman–Crippen MR) is 97.5 cm³/mol. The number of carbonyl (C=O) groups is 2. The molecule has 0 unspecified atom stereocenters. The molecule has 0 spiro atoms. The summed E-state index contributed by atoms with van der Waals surface area (Å²) in [5.74, 6) is -0.0468. The molecule has 0 atom stereocenters. The third-order valence-electron chi connectivity index (χ3n) is 3.66. The second-order valence-corrected chi connectivity index (χ2v) is 5.97. The van der Waals surface area contributed by atoms with Crippen LogP contribution >= 0.6 is 11.6 Å². The molecule has 24 heavy (non-hydrogen) atoms. The predicted octanol–water partition coefficient (Wildman–Crippen LogP) is 3.99. The van der Waals surface area contributed by atoms with E-state index in [1.54, 1.807) is 55.4 Å². The lowest BCUT2D eigenvalue weighted by Gasteiger charge is -2.19.